The fraction of sp³-hybridized carbons (Fsp3) is 0.929. The van der Waals surface area contributed by atoms with E-state index in [9.17, 15) is 4.79 Å². The van der Waals surface area contributed by atoms with E-state index in [1.807, 2.05) is 0 Å². The molecule has 0 N–H and O–H groups in total. The van der Waals surface area contributed by atoms with Gasteiger partial charge in [0.15, 0.2) is 0 Å². The van der Waals surface area contributed by atoms with Gasteiger partial charge in [-0.15, -0.1) is 0 Å². The van der Waals surface area contributed by atoms with Crippen molar-refractivity contribution in [2.24, 2.45) is 11.8 Å². The number of carbonyl (C=O) groups excluding carboxylic acids is 1. The molecule has 0 bridgehead atoms. The fourth-order valence-electron chi connectivity index (χ4n) is 2.78. The summed E-state index contributed by atoms with van der Waals surface area (Å²) < 4.78 is 4.73. The average molecular weight is 241 g/mol. The quantitative estimate of drug-likeness (QED) is 0.670. The summed E-state index contributed by atoms with van der Waals surface area (Å²) in [4.78, 5) is 13.7. The van der Waals surface area contributed by atoms with Gasteiger partial charge in [0.1, 0.15) is 0 Å². The minimum Gasteiger partial charge on any atom is -0.469 e. The molecule has 3 heteroatoms. The molecule has 0 unspecified atom stereocenters. The molecule has 0 atom stereocenters. The van der Waals surface area contributed by atoms with Gasteiger partial charge in [-0.1, -0.05) is 13.8 Å². The predicted octanol–water partition coefficient (Wildman–Crippen LogP) is 2.70. The van der Waals surface area contributed by atoms with Crippen LogP contribution in [0.1, 0.15) is 46.0 Å². The van der Waals surface area contributed by atoms with Crippen molar-refractivity contribution in [2.45, 2.75) is 46.0 Å². The summed E-state index contributed by atoms with van der Waals surface area (Å²) in [6.45, 7) is 7.99. The van der Waals surface area contributed by atoms with E-state index in [1.165, 1.54) is 39.3 Å². The van der Waals surface area contributed by atoms with Crippen LogP contribution in [-0.4, -0.2) is 37.6 Å². The molecule has 0 heterocycles. The van der Waals surface area contributed by atoms with E-state index < -0.39 is 0 Å². The number of hydrogen-bond donors (Lipinski definition) is 0. The molecule has 0 amide bonds. The second kappa shape index (κ2) is 7.70. The monoisotopic (exact) mass is 241 g/mol. The third-order valence-electron chi connectivity index (χ3n) is 4.06. The molecule has 3 nitrogen and oxygen atoms in total. The normalized spacial score (nSPS) is 24.9. The molecule has 0 aromatic rings. The predicted molar refractivity (Wildman–Crippen MR) is 69.9 cm³/mol. The maximum absolute atomic E-state index is 11.2. The Hall–Kier alpha value is -0.570. The topological polar surface area (TPSA) is 29.5 Å². The molecular weight excluding hydrogens is 214 g/mol. The first-order valence-corrected chi connectivity index (χ1v) is 6.98. The van der Waals surface area contributed by atoms with Crippen molar-refractivity contribution < 1.29 is 9.53 Å². The number of carbonyl (C=O) groups is 1. The summed E-state index contributed by atoms with van der Waals surface area (Å²) in [5, 5.41) is 0. The summed E-state index contributed by atoms with van der Waals surface area (Å²) in [6, 6.07) is 0. The number of ether oxygens (including phenoxy) is 1. The Morgan fingerprint density at radius 2 is 1.65 bits per heavy atom. The molecule has 1 fully saturated rings. The van der Waals surface area contributed by atoms with Gasteiger partial charge in [0.2, 0.25) is 0 Å². The van der Waals surface area contributed by atoms with Gasteiger partial charge in [0, 0.05) is 13.0 Å². The van der Waals surface area contributed by atoms with Crippen LogP contribution in [0.4, 0.5) is 0 Å². The minimum atomic E-state index is -0.0443. The molecule has 0 spiro atoms. The maximum atomic E-state index is 11.2. The Morgan fingerprint density at radius 1 is 1.12 bits per heavy atom. The van der Waals surface area contributed by atoms with Crippen molar-refractivity contribution >= 4 is 5.97 Å². The van der Waals surface area contributed by atoms with Crippen molar-refractivity contribution in [1.82, 2.24) is 4.90 Å². The molecule has 1 aliphatic rings. The van der Waals surface area contributed by atoms with Crippen molar-refractivity contribution in [2.75, 3.05) is 26.7 Å². The van der Waals surface area contributed by atoms with E-state index in [-0.39, 0.29) is 5.97 Å². The van der Waals surface area contributed by atoms with E-state index in [4.69, 9.17) is 4.74 Å². The van der Waals surface area contributed by atoms with Gasteiger partial charge in [-0.25, -0.2) is 0 Å². The van der Waals surface area contributed by atoms with Crippen LogP contribution in [0.3, 0.4) is 0 Å². The van der Waals surface area contributed by atoms with E-state index >= 15 is 0 Å². The highest BCUT2D eigenvalue weighted by Gasteiger charge is 2.24. The van der Waals surface area contributed by atoms with Crippen molar-refractivity contribution in [1.29, 1.82) is 0 Å². The SMILES string of the molecule is CCN(CC)CC1CCC(CC(=O)OC)CC1. The highest BCUT2D eigenvalue weighted by atomic mass is 16.5. The zero-order valence-electron chi connectivity index (χ0n) is 11.6. The molecule has 1 rings (SSSR count). The lowest BCUT2D eigenvalue weighted by Gasteiger charge is -2.31. The molecule has 0 radical (unpaired) electrons. The highest BCUT2D eigenvalue weighted by Crippen LogP contribution is 2.31. The largest absolute Gasteiger partial charge is 0.469 e. The summed E-state index contributed by atoms with van der Waals surface area (Å²) >= 11 is 0. The Balaban J connectivity index is 2.23. The van der Waals surface area contributed by atoms with Gasteiger partial charge in [-0.05, 0) is 50.6 Å². The Morgan fingerprint density at radius 3 is 2.12 bits per heavy atom. The first kappa shape index (κ1) is 14.5. The molecule has 0 saturated heterocycles. The van der Waals surface area contributed by atoms with Crippen molar-refractivity contribution in [3.63, 3.8) is 0 Å². The number of nitrogens with zero attached hydrogens (tertiary/aromatic N) is 1. The summed E-state index contributed by atoms with van der Waals surface area (Å²) in [5.74, 6) is 1.36. The van der Waals surface area contributed by atoms with Crippen LogP contribution in [-0.2, 0) is 9.53 Å². The van der Waals surface area contributed by atoms with Crippen LogP contribution in [0, 0.1) is 11.8 Å². The molecule has 1 saturated carbocycles. The highest BCUT2D eigenvalue weighted by molar-refractivity contribution is 5.69. The maximum Gasteiger partial charge on any atom is 0.305 e. The van der Waals surface area contributed by atoms with Crippen LogP contribution >= 0.6 is 0 Å². The van der Waals surface area contributed by atoms with E-state index in [0.717, 1.165) is 19.0 Å². The minimum absolute atomic E-state index is 0.0443. The number of rotatable bonds is 6. The molecule has 0 aromatic heterocycles. The van der Waals surface area contributed by atoms with Crippen LogP contribution < -0.4 is 0 Å². The first-order valence-electron chi connectivity index (χ1n) is 6.98. The second-order valence-corrected chi connectivity index (χ2v) is 5.15. The van der Waals surface area contributed by atoms with Crippen LogP contribution in [0.2, 0.25) is 0 Å². The Kier molecular flexibility index (Phi) is 6.56. The zero-order chi connectivity index (χ0) is 12.7. The zero-order valence-corrected chi connectivity index (χ0v) is 11.6. The van der Waals surface area contributed by atoms with E-state index in [0.29, 0.717) is 12.3 Å². The van der Waals surface area contributed by atoms with E-state index in [1.54, 1.807) is 0 Å². The van der Waals surface area contributed by atoms with Gasteiger partial charge in [0.05, 0.1) is 7.11 Å². The third kappa shape index (κ3) is 5.07. The number of methoxy groups -OCH3 is 1. The van der Waals surface area contributed by atoms with Crippen molar-refractivity contribution in [3.05, 3.63) is 0 Å². The van der Waals surface area contributed by atoms with Crippen LogP contribution in [0.25, 0.3) is 0 Å². The first-order chi connectivity index (χ1) is 8.19. The number of hydrogen-bond acceptors (Lipinski definition) is 3. The Bertz CT molecular complexity index is 218. The lowest BCUT2D eigenvalue weighted by Crippen LogP contribution is -2.31. The van der Waals surface area contributed by atoms with E-state index in [2.05, 4.69) is 18.7 Å². The second-order valence-electron chi connectivity index (χ2n) is 5.15. The molecule has 17 heavy (non-hydrogen) atoms. The summed E-state index contributed by atoms with van der Waals surface area (Å²) in [5.41, 5.74) is 0. The van der Waals surface area contributed by atoms with Crippen LogP contribution in [0.15, 0.2) is 0 Å². The lowest BCUT2D eigenvalue weighted by molar-refractivity contribution is -0.142. The molecule has 0 aliphatic heterocycles. The Labute approximate surface area is 106 Å². The summed E-state index contributed by atoms with van der Waals surface area (Å²) in [7, 11) is 1.48. The molecule has 100 valence electrons. The van der Waals surface area contributed by atoms with Gasteiger partial charge >= 0.3 is 5.97 Å². The average Bonchev–Trinajstić information content (AvgIpc) is 2.37. The molecule has 0 aromatic carbocycles. The standard InChI is InChI=1S/C14H27NO2/c1-4-15(5-2)11-13-8-6-12(7-9-13)10-14(16)17-3/h12-13H,4-11H2,1-3H3. The van der Waals surface area contributed by atoms with Crippen LogP contribution in [0.5, 0.6) is 0 Å². The summed E-state index contributed by atoms with van der Waals surface area (Å²) in [6.07, 6.45) is 5.56. The van der Waals surface area contributed by atoms with Crippen molar-refractivity contribution in [3.8, 4) is 0 Å². The van der Waals surface area contributed by atoms with Gasteiger partial charge in [-0.3, -0.25) is 4.79 Å². The van der Waals surface area contributed by atoms with Gasteiger partial charge < -0.3 is 9.64 Å². The van der Waals surface area contributed by atoms with Gasteiger partial charge in [-0.2, -0.15) is 0 Å². The fourth-order valence-corrected chi connectivity index (χ4v) is 2.78. The lowest BCUT2D eigenvalue weighted by atomic mass is 9.80. The van der Waals surface area contributed by atoms with Gasteiger partial charge in [0.25, 0.3) is 0 Å². The smallest absolute Gasteiger partial charge is 0.305 e. The number of esters is 1. The molecule has 1 aliphatic carbocycles. The molecular formula is C14H27NO2. The third-order valence-corrected chi connectivity index (χ3v) is 4.06.